The number of Topliss-reactive ketones (excluding diaryl/α,β-unsaturated/α-hetero) is 2. The van der Waals surface area contributed by atoms with Crippen molar-refractivity contribution < 1.29 is 32.6 Å². The van der Waals surface area contributed by atoms with Gasteiger partial charge in [-0.3, -0.25) is 23.5 Å². The highest BCUT2D eigenvalue weighted by atomic mass is 35.5. The van der Waals surface area contributed by atoms with E-state index in [1.165, 1.54) is 63.2 Å². The minimum atomic E-state index is -2.06. The number of ketones is 2. The quantitative estimate of drug-likeness (QED) is 0.316. The predicted molar refractivity (Wildman–Crippen MR) is 165 cm³/mol. The molecule has 0 bridgehead atoms. The Balaban J connectivity index is 1.45. The van der Waals surface area contributed by atoms with Gasteiger partial charge < -0.3 is 23.9 Å². The minimum absolute atomic E-state index is 0.00538. The molecular formula is C33H27ClFN3O8. The zero-order valence-electron chi connectivity index (χ0n) is 25.3. The summed E-state index contributed by atoms with van der Waals surface area (Å²) in [5.74, 6) is -2.60. The first-order chi connectivity index (χ1) is 21.9. The molecule has 13 heteroatoms. The number of methoxy groups -OCH3 is 2. The third-order valence-electron chi connectivity index (χ3n) is 9.12. The number of carbonyl (C=O) groups is 2. The van der Waals surface area contributed by atoms with Gasteiger partial charge in [0.05, 0.1) is 25.7 Å². The van der Waals surface area contributed by atoms with E-state index in [0.717, 1.165) is 4.57 Å². The van der Waals surface area contributed by atoms with Crippen LogP contribution in [0, 0.1) is 11.7 Å². The lowest BCUT2D eigenvalue weighted by Gasteiger charge is -2.42. The average molecular weight is 648 g/mol. The highest BCUT2D eigenvalue weighted by molar-refractivity contribution is 6.36. The van der Waals surface area contributed by atoms with Crippen molar-refractivity contribution in [3.05, 3.63) is 102 Å². The van der Waals surface area contributed by atoms with Crippen LogP contribution in [0.5, 0.6) is 17.2 Å². The number of rotatable bonds is 4. The van der Waals surface area contributed by atoms with E-state index in [0.29, 0.717) is 17.0 Å². The lowest BCUT2D eigenvalue weighted by Crippen LogP contribution is -2.58. The zero-order chi connectivity index (χ0) is 32.8. The first-order valence-electron chi connectivity index (χ1n) is 14.3. The number of ether oxygens (including phenoxy) is 3. The molecule has 2 aliphatic heterocycles. The fourth-order valence-electron chi connectivity index (χ4n) is 6.75. The van der Waals surface area contributed by atoms with Crippen molar-refractivity contribution in [1.82, 2.24) is 9.13 Å². The van der Waals surface area contributed by atoms with Crippen molar-refractivity contribution in [3.63, 3.8) is 0 Å². The SMILES string of the molecule is COc1cc(OC)c2c(c1Cl)O[C@@]1(C(=O)C3=C(C[C@H]1C)Nc1c(c(=O)n(C)c(=O)n1C)C3c1ccc(-c3ccc(F)cc3)o1)C2=O. The van der Waals surface area contributed by atoms with E-state index in [9.17, 15) is 23.6 Å². The van der Waals surface area contributed by atoms with Crippen LogP contribution in [-0.2, 0) is 18.9 Å². The highest BCUT2D eigenvalue weighted by Crippen LogP contribution is 2.56. The molecule has 0 amide bonds. The van der Waals surface area contributed by atoms with Gasteiger partial charge in [0.15, 0.2) is 5.75 Å². The summed E-state index contributed by atoms with van der Waals surface area (Å²) in [4.78, 5) is 56.2. The number of fused-ring (bicyclic) bond motifs is 2. The van der Waals surface area contributed by atoms with Gasteiger partial charge in [0, 0.05) is 42.9 Å². The number of benzene rings is 2. The molecule has 0 fully saturated rings. The van der Waals surface area contributed by atoms with E-state index in [-0.39, 0.29) is 57.0 Å². The molecular weight excluding hydrogens is 621 g/mol. The maximum absolute atomic E-state index is 15.0. The Morgan fingerprint density at radius 2 is 1.67 bits per heavy atom. The van der Waals surface area contributed by atoms with Gasteiger partial charge in [0.25, 0.3) is 5.56 Å². The molecule has 2 aromatic carbocycles. The molecule has 1 N–H and O–H groups in total. The smallest absolute Gasteiger partial charge is 0.332 e. The number of furan rings is 1. The first-order valence-corrected chi connectivity index (χ1v) is 14.7. The molecule has 1 spiro atoms. The molecule has 0 saturated carbocycles. The van der Waals surface area contributed by atoms with Crippen LogP contribution in [0.1, 0.15) is 40.9 Å². The van der Waals surface area contributed by atoms with E-state index >= 15 is 0 Å². The molecule has 46 heavy (non-hydrogen) atoms. The van der Waals surface area contributed by atoms with Gasteiger partial charge in [-0.25, -0.2) is 9.18 Å². The Bertz CT molecular complexity index is 2160. The Morgan fingerprint density at radius 1 is 0.978 bits per heavy atom. The molecule has 236 valence electrons. The molecule has 7 rings (SSSR count). The van der Waals surface area contributed by atoms with Gasteiger partial charge in [-0.05, 0) is 42.8 Å². The van der Waals surface area contributed by atoms with Crippen LogP contribution in [-0.4, -0.2) is 40.5 Å². The lowest BCUT2D eigenvalue weighted by atomic mass is 9.66. The number of allylic oxidation sites excluding steroid dienone is 1. The van der Waals surface area contributed by atoms with Crippen molar-refractivity contribution in [2.75, 3.05) is 19.5 Å². The average Bonchev–Trinajstić information content (AvgIpc) is 3.66. The van der Waals surface area contributed by atoms with Crippen LogP contribution in [0.4, 0.5) is 10.2 Å². The van der Waals surface area contributed by atoms with E-state index in [4.69, 9.17) is 30.2 Å². The van der Waals surface area contributed by atoms with Crippen molar-refractivity contribution in [1.29, 1.82) is 0 Å². The second kappa shape index (κ2) is 10.2. The monoisotopic (exact) mass is 647 g/mol. The summed E-state index contributed by atoms with van der Waals surface area (Å²) in [5, 5.41) is 3.17. The van der Waals surface area contributed by atoms with Crippen LogP contribution in [0.15, 0.2) is 67.7 Å². The topological polar surface area (TPSA) is 131 Å². The Hall–Kier alpha value is -5.10. The van der Waals surface area contributed by atoms with Crippen molar-refractivity contribution in [2.45, 2.75) is 24.9 Å². The number of halogens is 2. The molecule has 11 nitrogen and oxygen atoms in total. The fraction of sp³-hybridized carbons (Fsp3) is 0.273. The number of hydrogen-bond donors (Lipinski definition) is 1. The summed E-state index contributed by atoms with van der Waals surface area (Å²) < 4.78 is 39.3. The summed E-state index contributed by atoms with van der Waals surface area (Å²) in [6.07, 6.45) is 0.128. The highest BCUT2D eigenvalue weighted by Gasteiger charge is 2.64. The zero-order valence-corrected chi connectivity index (χ0v) is 26.1. The Morgan fingerprint density at radius 3 is 2.35 bits per heavy atom. The van der Waals surface area contributed by atoms with E-state index in [1.54, 1.807) is 19.1 Å². The van der Waals surface area contributed by atoms with E-state index in [1.807, 2.05) is 0 Å². The second-order valence-corrected chi connectivity index (χ2v) is 11.9. The molecule has 4 aromatic rings. The molecule has 0 saturated heterocycles. The first kappa shape index (κ1) is 29.6. The number of anilines is 1. The van der Waals surface area contributed by atoms with Crippen molar-refractivity contribution in [3.8, 4) is 28.6 Å². The third kappa shape index (κ3) is 3.82. The van der Waals surface area contributed by atoms with Crippen molar-refractivity contribution >= 4 is 29.0 Å². The summed E-state index contributed by atoms with van der Waals surface area (Å²) in [6, 6.07) is 10.4. The van der Waals surface area contributed by atoms with Gasteiger partial charge in [0.1, 0.15) is 45.2 Å². The Labute approximate surface area is 265 Å². The van der Waals surface area contributed by atoms with E-state index < -0.39 is 46.1 Å². The summed E-state index contributed by atoms with van der Waals surface area (Å²) in [7, 11) is 5.63. The van der Waals surface area contributed by atoms with E-state index in [2.05, 4.69) is 5.32 Å². The van der Waals surface area contributed by atoms with Crippen LogP contribution in [0.3, 0.4) is 0 Å². The van der Waals surface area contributed by atoms with Gasteiger partial charge in [-0.1, -0.05) is 18.5 Å². The molecule has 0 radical (unpaired) electrons. The largest absolute Gasteiger partial charge is 0.496 e. The molecule has 4 heterocycles. The fourth-order valence-corrected chi connectivity index (χ4v) is 7.02. The number of nitrogens with zero attached hydrogens (tertiary/aromatic N) is 2. The maximum Gasteiger partial charge on any atom is 0.332 e. The van der Waals surface area contributed by atoms with Crippen LogP contribution in [0.2, 0.25) is 5.02 Å². The van der Waals surface area contributed by atoms with Gasteiger partial charge in [0.2, 0.25) is 17.2 Å². The van der Waals surface area contributed by atoms with Crippen LogP contribution in [0.25, 0.3) is 11.3 Å². The number of carbonyl (C=O) groups excluding carboxylic acids is 2. The molecule has 1 unspecified atom stereocenters. The summed E-state index contributed by atoms with van der Waals surface area (Å²) in [6.45, 7) is 1.71. The van der Waals surface area contributed by atoms with Crippen molar-refractivity contribution in [2.24, 2.45) is 20.0 Å². The molecule has 3 aliphatic rings. The number of hydrogen-bond acceptors (Lipinski definition) is 9. The number of aromatic nitrogens is 2. The summed E-state index contributed by atoms with van der Waals surface area (Å²) >= 11 is 6.61. The van der Waals surface area contributed by atoms with Gasteiger partial charge in [-0.15, -0.1) is 0 Å². The normalized spacial score (nSPS) is 21.5. The second-order valence-electron chi connectivity index (χ2n) is 11.5. The lowest BCUT2D eigenvalue weighted by molar-refractivity contribution is -0.130. The number of nitrogens with one attached hydrogen (secondary N) is 1. The Kier molecular flexibility index (Phi) is 6.57. The maximum atomic E-state index is 15.0. The predicted octanol–water partition coefficient (Wildman–Crippen LogP) is 4.59. The van der Waals surface area contributed by atoms with Gasteiger partial charge in [-0.2, -0.15) is 0 Å². The summed E-state index contributed by atoms with van der Waals surface area (Å²) in [5.41, 5.74) is -2.16. The molecule has 1 aliphatic carbocycles. The van der Waals surface area contributed by atoms with Crippen LogP contribution < -0.4 is 30.8 Å². The van der Waals surface area contributed by atoms with Gasteiger partial charge >= 0.3 is 5.69 Å². The van der Waals surface area contributed by atoms with Crippen LogP contribution >= 0.6 is 11.6 Å². The molecule has 2 aromatic heterocycles. The third-order valence-corrected chi connectivity index (χ3v) is 9.47. The minimum Gasteiger partial charge on any atom is -0.496 e. The molecule has 3 atom stereocenters. The standard InChI is InChI=1S/C33H27ClFN3O8/c1-14-12-17-22(28(39)33(14)29(40)24-20(43-4)13-21(44-5)26(34)27(24)46-33)23(25-30(36-17)37(2)32(42)38(3)31(25)41)19-11-10-18(45-19)15-6-8-16(35)9-7-15/h6-11,13-14,23,36H,12H2,1-5H3/t14-,23?,33+/m1/s1.